The number of guanidine groups is 1. The first kappa shape index (κ1) is 19.2. The van der Waals surface area contributed by atoms with Gasteiger partial charge in [0.15, 0.2) is 5.96 Å². The van der Waals surface area contributed by atoms with Crippen LogP contribution in [-0.2, 0) is 4.79 Å². The minimum atomic E-state index is -0.0986. The van der Waals surface area contributed by atoms with Gasteiger partial charge >= 0.3 is 0 Å². The molecule has 0 atom stereocenters. The Hall–Kier alpha value is -3.09. The molecule has 138 valence electrons. The van der Waals surface area contributed by atoms with E-state index in [1.54, 1.807) is 13.1 Å². The lowest BCUT2D eigenvalue weighted by atomic mass is 10.3. The zero-order valence-corrected chi connectivity index (χ0v) is 15.2. The van der Waals surface area contributed by atoms with E-state index in [2.05, 4.69) is 25.9 Å². The molecule has 0 unspecified atom stereocenters. The number of aliphatic imine (C=N–C) groups is 1. The van der Waals surface area contributed by atoms with Crippen LogP contribution < -0.4 is 20.7 Å². The maximum Gasteiger partial charge on any atom is 0.227 e. The second kappa shape index (κ2) is 10.7. The fourth-order valence-corrected chi connectivity index (χ4v) is 2.19. The van der Waals surface area contributed by atoms with Crippen molar-refractivity contribution in [3.8, 4) is 5.75 Å². The van der Waals surface area contributed by atoms with Gasteiger partial charge < -0.3 is 20.7 Å². The van der Waals surface area contributed by atoms with Gasteiger partial charge in [-0.3, -0.25) is 9.79 Å². The van der Waals surface area contributed by atoms with Crippen LogP contribution in [0.2, 0.25) is 0 Å². The van der Waals surface area contributed by atoms with E-state index in [-0.39, 0.29) is 5.91 Å². The first-order valence-electron chi connectivity index (χ1n) is 8.53. The Labute approximate surface area is 153 Å². The lowest BCUT2D eigenvalue weighted by Crippen LogP contribution is -2.40. The third-order valence-electron chi connectivity index (χ3n) is 3.43. The minimum absolute atomic E-state index is 0.0986. The molecule has 7 heteroatoms. The van der Waals surface area contributed by atoms with Gasteiger partial charge in [-0.25, -0.2) is 4.98 Å². The van der Waals surface area contributed by atoms with Crippen molar-refractivity contribution < 1.29 is 9.53 Å². The standard InChI is InChI=1S/C19H25N5O2/c1-15-7-6-10-17(23-15)24-18(25)11-12-21-19(20-2)22-13-14-26-16-8-4-3-5-9-16/h3-10H,11-14H2,1-2H3,(H2,20,21,22)(H,23,24,25). The number of pyridine rings is 1. The highest BCUT2D eigenvalue weighted by Gasteiger charge is 2.04. The molecular weight excluding hydrogens is 330 g/mol. The molecule has 2 rings (SSSR count). The summed E-state index contributed by atoms with van der Waals surface area (Å²) < 4.78 is 5.60. The highest BCUT2D eigenvalue weighted by molar-refractivity contribution is 5.90. The van der Waals surface area contributed by atoms with Crippen LogP contribution in [0, 0.1) is 6.92 Å². The molecule has 1 heterocycles. The van der Waals surface area contributed by atoms with Crippen molar-refractivity contribution in [1.29, 1.82) is 0 Å². The van der Waals surface area contributed by atoms with E-state index in [9.17, 15) is 4.79 Å². The lowest BCUT2D eigenvalue weighted by Gasteiger charge is -2.12. The number of aryl methyl sites for hydroxylation is 1. The van der Waals surface area contributed by atoms with Crippen molar-refractivity contribution >= 4 is 17.7 Å². The first-order valence-corrected chi connectivity index (χ1v) is 8.53. The fourth-order valence-electron chi connectivity index (χ4n) is 2.19. The van der Waals surface area contributed by atoms with Gasteiger partial charge in [-0.1, -0.05) is 24.3 Å². The van der Waals surface area contributed by atoms with Crippen LogP contribution in [0.4, 0.5) is 5.82 Å². The van der Waals surface area contributed by atoms with Crippen molar-refractivity contribution in [2.24, 2.45) is 4.99 Å². The highest BCUT2D eigenvalue weighted by Crippen LogP contribution is 2.07. The molecule has 1 aromatic heterocycles. The maximum absolute atomic E-state index is 11.9. The van der Waals surface area contributed by atoms with Gasteiger partial charge in [0.1, 0.15) is 18.2 Å². The number of nitrogens with zero attached hydrogens (tertiary/aromatic N) is 2. The van der Waals surface area contributed by atoms with Crippen LogP contribution in [0.1, 0.15) is 12.1 Å². The third-order valence-corrected chi connectivity index (χ3v) is 3.43. The molecule has 7 nitrogen and oxygen atoms in total. The van der Waals surface area contributed by atoms with Crippen LogP contribution in [0.25, 0.3) is 0 Å². The number of ether oxygens (including phenoxy) is 1. The van der Waals surface area contributed by atoms with Gasteiger partial charge in [0.05, 0.1) is 6.54 Å². The van der Waals surface area contributed by atoms with Crippen molar-refractivity contribution in [2.45, 2.75) is 13.3 Å². The van der Waals surface area contributed by atoms with E-state index >= 15 is 0 Å². The molecule has 0 bridgehead atoms. The van der Waals surface area contributed by atoms with Gasteiger partial charge in [0.25, 0.3) is 0 Å². The largest absolute Gasteiger partial charge is 0.492 e. The predicted octanol–water partition coefficient (Wildman–Crippen LogP) is 1.96. The molecule has 26 heavy (non-hydrogen) atoms. The number of carbonyl (C=O) groups excluding carboxylic acids is 1. The summed E-state index contributed by atoms with van der Waals surface area (Å²) in [5.74, 6) is 1.93. The summed E-state index contributed by atoms with van der Waals surface area (Å²) in [6.07, 6.45) is 0.316. The van der Waals surface area contributed by atoms with E-state index in [1.807, 2.05) is 49.4 Å². The van der Waals surface area contributed by atoms with E-state index in [0.717, 1.165) is 11.4 Å². The van der Waals surface area contributed by atoms with E-state index in [4.69, 9.17) is 4.74 Å². The number of para-hydroxylation sites is 1. The zero-order chi connectivity index (χ0) is 18.6. The summed E-state index contributed by atoms with van der Waals surface area (Å²) in [7, 11) is 1.68. The molecule has 0 aliphatic rings. The molecule has 3 N–H and O–H groups in total. The number of hydrogen-bond donors (Lipinski definition) is 3. The quantitative estimate of drug-likeness (QED) is 0.383. The molecule has 0 fully saturated rings. The topological polar surface area (TPSA) is 87.6 Å². The second-order valence-electron chi connectivity index (χ2n) is 5.55. The molecule has 0 saturated carbocycles. The number of rotatable bonds is 8. The van der Waals surface area contributed by atoms with Crippen LogP contribution >= 0.6 is 0 Å². The number of nitrogens with one attached hydrogen (secondary N) is 3. The second-order valence-corrected chi connectivity index (χ2v) is 5.55. The van der Waals surface area contributed by atoms with Crippen molar-refractivity contribution in [3.63, 3.8) is 0 Å². The summed E-state index contributed by atoms with van der Waals surface area (Å²) in [4.78, 5) is 20.3. The molecule has 0 spiro atoms. The molecule has 0 saturated heterocycles. The number of hydrogen-bond acceptors (Lipinski definition) is 4. The fraction of sp³-hybridized carbons (Fsp3) is 0.316. The SMILES string of the molecule is CN=C(NCCOc1ccccc1)NCCC(=O)Nc1cccc(C)n1. The van der Waals surface area contributed by atoms with Gasteiger partial charge in [0, 0.05) is 25.7 Å². The number of amides is 1. The molecule has 1 amide bonds. The molecule has 2 aromatic rings. The van der Waals surface area contributed by atoms with E-state index in [0.29, 0.717) is 37.9 Å². The molecule has 0 radical (unpaired) electrons. The Morgan fingerprint density at radius 3 is 2.58 bits per heavy atom. The Morgan fingerprint density at radius 1 is 1.08 bits per heavy atom. The Bertz CT molecular complexity index is 719. The predicted molar refractivity (Wildman–Crippen MR) is 104 cm³/mol. The monoisotopic (exact) mass is 355 g/mol. The smallest absolute Gasteiger partial charge is 0.227 e. The summed E-state index contributed by atoms with van der Waals surface area (Å²) in [6, 6.07) is 15.1. The summed E-state index contributed by atoms with van der Waals surface area (Å²) in [6.45, 7) is 3.48. The number of carbonyl (C=O) groups is 1. The van der Waals surface area contributed by atoms with Crippen LogP contribution in [0.15, 0.2) is 53.5 Å². The van der Waals surface area contributed by atoms with E-state index < -0.39 is 0 Å². The number of anilines is 1. The van der Waals surface area contributed by atoms with Gasteiger partial charge in [0.2, 0.25) is 5.91 Å². The summed E-state index contributed by atoms with van der Waals surface area (Å²) in [5.41, 5.74) is 0.864. The van der Waals surface area contributed by atoms with E-state index in [1.165, 1.54) is 0 Å². The zero-order valence-electron chi connectivity index (χ0n) is 15.2. The normalized spacial score (nSPS) is 10.9. The first-order chi connectivity index (χ1) is 12.7. The maximum atomic E-state index is 11.9. The van der Waals surface area contributed by atoms with Gasteiger partial charge in [-0.15, -0.1) is 0 Å². The van der Waals surface area contributed by atoms with Crippen molar-refractivity contribution in [3.05, 3.63) is 54.2 Å². The Morgan fingerprint density at radius 2 is 1.85 bits per heavy atom. The summed E-state index contributed by atoms with van der Waals surface area (Å²) in [5, 5.41) is 9.01. The van der Waals surface area contributed by atoms with Gasteiger partial charge in [-0.05, 0) is 31.2 Å². The Kier molecular flexibility index (Phi) is 7.92. The van der Waals surface area contributed by atoms with Crippen molar-refractivity contribution in [1.82, 2.24) is 15.6 Å². The average Bonchev–Trinajstić information content (AvgIpc) is 2.64. The lowest BCUT2D eigenvalue weighted by molar-refractivity contribution is -0.116. The van der Waals surface area contributed by atoms with Crippen LogP contribution in [-0.4, -0.2) is 43.6 Å². The van der Waals surface area contributed by atoms with Crippen LogP contribution in [0.3, 0.4) is 0 Å². The molecule has 0 aliphatic carbocycles. The number of benzene rings is 1. The van der Waals surface area contributed by atoms with Crippen molar-refractivity contribution in [2.75, 3.05) is 32.1 Å². The summed E-state index contributed by atoms with van der Waals surface area (Å²) >= 11 is 0. The minimum Gasteiger partial charge on any atom is -0.492 e. The number of aromatic nitrogens is 1. The third kappa shape index (κ3) is 7.21. The van der Waals surface area contributed by atoms with Gasteiger partial charge in [-0.2, -0.15) is 0 Å². The van der Waals surface area contributed by atoms with Crippen LogP contribution in [0.5, 0.6) is 5.75 Å². The average molecular weight is 355 g/mol. The Balaban J connectivity index is 1.61. The molecular formula is C19H25N5O2. The highest BCUT2D eigenvalue weighted by atomic mass is 16.5. The molecule has 1 aromatic carbocycles. The molecule has 0 aliphatic heterocycles.